The second kappa shape index (κ2) is 43.5. The van der Waals surface area contributed by atoms with Gasteiger partial charge in [0.1, 0.15) is 72.6 Å². The Bertz CT molecular complexity index is 2570. The number of ether oxygens (including phenoxy) is 1. The molecular formula is C62H109N17O14. The van der Waals surface area contributed by atoms with Gasteiger partial charge in [0.05, 0.1) is 6.10 Å². The predicted molar refractivity (Wildman–Crippen MR) is 347 cm³/mol. The fourth-order valence-electron chi connectivity index (χ4n) is 9.93. The Morgan fingerprint density at radius 2 is 1.09 bits per heavy atom. The van der Waals surface area contributed by atoms with Crippen LogP contribution in [-0.2, 0) is 68.7 Å². The van der Waals surface area contributed by atoms with Gasteiger partial charge in [0.25, 0.3) is 0 Å². The molecule has 0 unspecified atom stereocenters. The molecule has 31 heteroatoms. The van der Waals surface area contributed by atoms with E-state index in [0.717, 1.165) is 19.3 Å². The maximum absolute atomic E-state index is 14.7. The highest BCUT2D eigenvalue weighted by Crippen LogP contribution is 2.15. The van der Waals surface area contributed by atoms with Crippen molar-refractivity contribution in [1.82, 2.24) is 58.5 Å². The minimum absolute atomic E-state index is 0.0330. The first-order valence-electron chi connectivity index (χ1n) is 32.6. The summed E-state index contributed by atoms with van der Waals surface area (Å²) >= 11 is 0. The third-order valence-corrected chi connectivity index (χ3v) is 16.1. The monoisotopic (exact) mass is 1320 g/mol. The van der Waals surface area contributed by atoms with Crippen LogP contribution in [0.2, 0.25) is 0 Å². The van der Waals surface area contributed by atoms with Crippen molar-refractivity contribution in [3.8, 4) is 0 Å². The number of aliphatic hydroxyl groups excluding tert-OH is 1. The molecule has 1 saturated heterocycles. The van der Waals surface area contributed by atoms with Gasteiger partial charge in [-0.1, -0.05) is 97.6 Å². The molecule has 11 amide bonds. The SMILES string of the molecule is CC[C@H](C)CCCCC(=O)N[C@@H](CCN)C(=O)N[C@H](C(=O)N[C@@H](CCN)C(=O)N[C@H]1CCNC(=O)[C@H]([C@@H](C)O)NC(=O)[C@H](CCN)NC(=O)[C@H](CCN)NC(=O)[C@H](CC(C)C)NC(=O)[C@@H](Cc2ccccc2)NC(=O)[C@H](CCN)NC1=O)[C@@H](C)OC(=O)[C@@H](N)[C@@H](C)CC. The molecule has 31 nitrogen and oxygen atoms in total. The summed E-state index contributed by atoms with van der Waals surface area (Å²) in [5, 5.41) is 39.3. The molecule has 0 spiro atoms. The van der Waals surface area contributed by atoms with Gasteiger partial charge in [-0.05, 0) is 121 Å². The summed E-state index contributed by atoms with van der Waals surface area (Å²) in [6, 6.07) is -7.79. The number of nitrogens with two attached hydrogens (primary N) is 6. The fraction of sp³-hybridized carbons (Fsp3) is 0.710. The molecule has 1 aliphatic heterocycles. The Morgan fingerprint density at radius 3 is 1.60 bits per heavy atom. The lowest BCUT2D eigenvalue weighted by Crippen LogP contribution is -2.62. The van der Waals surface area contributed by atoms with Crippen LogP contribution in [0.1, 0.15) is 144 Å². The summed E-state index contributed by atoms with van der Waals surface area (Å²) in [7, 11) is 0. The Balaban J connectivity index is 2.80. The molecule has 1 fully saturated rings. The van der Waals surface area contributed by atoms with Crippen LogP contribution in [0.4, 0.5) is 0 Å². The molecule has 1 aromatic rings. The van der Waals surface area contributed by atoms with Gasteiger partial charge in [0.15, 0.2) is 0 Å². The number of unbranched alkanes of at least 4 members (excludes halogenated alkanes) is 1. The second-order valence-corrected chi connectivity index (χ2v) is 24.4. The lowest BCUT2D eigenvalue weighted by Gasteiger charge is -2.30. The Morgan fingerprint density at radius 1 is 0.581 bits per heavy atom. The fourth-order valence-corrected chi connectivity index (χ4v) is 9.93. The lowest BCUT2D eigenvalue weighted by atomic mass is 10.00. The Labute approximate surface area is 546 Å². The molecule has 2 rings (SSSR count). The van der Waals surface area contributed by atoms with Gasteiger partial charge in [-0.3, -0.25) is 57.5 Å². The smallest absolute Gasteiger partial charge is 0.323 e. The number of nitrogens with one attached hydrogen (secondary N) is 11. The molecule has 526 valence electrons. The Hall–Kier alpha value is -7.42. The summed E-state index contributed by atoms with van der Waals surface area (Å²) in [4.78, 5) is 170. The second-order valence-electron chi connectivity index (χ2n) is 24.4. The zero-order valence-electron chi connectivity index (χ0n) is 55.5. The highest BCUT2D eigenvalue weighted by molar-refractivity contribution is 5.99. The van der Waals surface area contributed by atoms with Crippen LogP contribution in [0.25, 0.3) is 0 Å². The number of carbonyl (C=O) groups excluding carboxylic acids is 12. The molecule has 15 atom stereocenters. The molecular weight excluding hydrogens is 1210 g/mol. The largest absolute Gasteiger partial charge is 0.459 e. The molecule has 1 aromatic carbocycles. The summed E-state index contributed by atoms with van der Waals surface area (Å²) in [6.07, 6.45) is -0.845. The summed E-state index contributed by atoms with van der Waals surface area (Å²) < 4.78 is 5.67. The zero-order chi connectivity index (χ0) is 69.9. The molecule has 0 aliphatic carbocycles. The van der Waals surface area contributed by atoms with Gasteiger partial charge >= 0.3 is 5.97 Å². The predicted octanol–water partition coefficient (Wildman–Crippen LogP) is -4.32. The van der Waals surface area contributed by atoms with Gasteiger partial charge < -0.3 is 103 Å². The van der Waals surface area contributed by atoms with E-state index in [9.17, 15) is 62.6 Å². The molecule has 93 heavy (non-hydrogen) atoms. The summed E-state index contributed by atoms with van der Waals surface area (Å²) in [5.41, 5.74) is 36.4. The van der Waals surface area contributed by atoms with E-state index in [1.807, 2.05) is 0 Å². The van der Waals surface area contributed by atoms with E-state index in [1.165, 1.54) is 13.8 Å². The van der Waals surface area contributed by atoms with Gasteiger partial charge in [0, 0.05) is 19.4 Å². The van der Waals surface area contributed by atoms with E-state index < -0.39 is 163 Å². The lowest BCUT2D eigenvalue weighted by molar-refractivity contribution is -0.155. The van der Waals surface area contributed by atoms with Gasteiger partial charge in [-0.25, -0.2) is 0 Å². The Kier molecular flexibility index (Phi) is 38.2. The van der Waals surface area contributed by atoms with E-state index in [-0.39, 0.29) is 95.9 Å². The zero-order valence-corrected chi connectivity index (χ0v) is 55.5. The summed E-state index contributed by atoms with van der Waals surface area (Å²) in [5.74, 6) is -11.0. The van der Waals surface area contributed by atoms with Crippen LogP contribution in [0, 0.1) is 17.8 Å². The number of carbonyl (C=O) groups is 12. The molecule has 0 bridgehead atoms. The number of rotatable bonds is 33. The van der Waals surface area contributed by atoms with Crippen LogP contribution in [0.5, 0.6) is 0 Å². The van der Waals surface area contributed by atoms with E-state index in [2.05, 4.69) is 72.3 Å². The highest BCUT2D eigenvalue weighted by atomic mass is 16.5. The van der Waals surface area contributed by atoms with Crippen molar-refractivity contribution in [1.29, 1.82) is 0 Å². The third-order valence-electron chi connectivity index (χ3n) is 16.1. The number of amides is 11. The van der Waals surface area contributed by atoms with E-state index in [0.29, 0.717) is 24.3 Å². The first-order chi connectivity index (χ1) is 44.1. The first kappa shape index (κ1) is 81.7. The molecule has 0 aromatic heterocycles. The topological polar surface area (TPSA) is 523 Å². The van der Waals surface area contributed by atoms with E-state index >= 15 is 0 Å². The van der Waals surface area contributed by atoms with Crippen molar-refractivity contribution in [2.45, 2.75) is 224 Å². The van der Waals surface area contributed by atoms with Crippen molar-refractivity contribution in [2.24, 2.45) is 52.2 Å². The third kappa shape index (κ3) is 29.2. The molecule has 0 saturated carbocycles. The quantitative estimate of drug-likeness (QED) is 0.0234. The van der Waals surface area contributed by atoms with Crippen LogP contribution in [0.3, 0.4) is 0 Å². The van der Waals surface area contributed by atoms with E-state index in [1.54, 1.807) is 58.0 Å². The molecule has 24 N–H and O–H groups in total. The van der Waals surface area contributed by atoms with E-state index in [4.69, 9.17) is 39.1 Å². The highest BCUT2D eigenvalue weighted by Gasteiger charge is 2.39. The average molecular weight is 1320 g/mol. The van der Waals surface area contributed by atoms with Crippen molar-refractivity contribution in [2.75, 3.05) is 39.3 Å². The molecule has 0 radical (unpaired) electrons. The van der Waals surface area contributed by atoms with Gasteiger partial charge in [-0.15, -0.1) is 0 Å². The van der Waals surface area contributed by atoms with Crippen molar-refractivity contribution >= 4 is 70.9 Å². The van der Waals surface area contributed by atoms with Crippen molar-refractivity contribution in [3.05, 3.63) is 35.9 Å². The normalized spacial score (nSPS) is 22.6. The number of hydrogen-bond donors (Lipinski definition) is 18. The van der Waals surface area contributed by atoms with Gasteiger partial charge in [0.2, 0.25) is 65.0 Å². The molecule has 1 aliphatic rings. The number of benzene rings is 1. The average Bonchev–Trinajstić information content (AvgIpc) is 1.40. The maximum Gasteiger partial charge on any atom is 0.323 e. The molecule has 1 heterocycles. The van der Waals surface area contributed by atoms with Crippen molar-refractivity contribution < 1.29 is 67.4 Å². The number of hydrogen-bond acceptors (Lipinski definition) is 20. The summed E-state index contributed by atoms with van der Waals surface area (Å²) in [6.45, 7) is 12.4. The van der Waals surface area contributed by atoms with Crippen LogP contribution in [-0.4, -0.2) is 194 Å². The standard InChI is InChI=1S/C62H109N17O14/c1-9-35(5)16-14-15-19-48(81)70-40(20-26-63)56(86)79-51(38(8)93-62(92)49(68)36(6)10-2)61(91)75-43(23-29-66)53(83)74-45-25-31-69-60(90)50(37(7)80)78-57(87)44(24-30-67)72-52(82)41(21-27-64)73-58(88)46(32-34(3)4)76-59(89)47(33-39-17-12-11-13-18-39)77-54(84)42(22-28-65)71-55(45)85/h11-13,17-18,34-38,40-47,49-51,80H,9-10,14-16,19-33,63-68H2,1-8H3,(H,69,90)(H,70,81)(H,71,85)(H,72,82)(H,73,88)(H,74,83)(H,75,91)(H,76,89)(H,77,84)(H,78,87)(H,79,86)/t35-,36-,37+,38+,40-,41-,42-,43-,44-,45-,46-,47+,49-,50-,51-/m0/s1. The van der Waals surface area contributed by atoms with Crippen LogP contribution >= 0.6 is 0 Å². The van der Waals surface area contributed by atoms with Crippen LogP contribution in [0.15, 0.2) is 30.3 Å². The van der Waals surface area contributed by atoms with Crippen LogP contribution < -0.4 is 92.9 Å². The van der Waals surface area contributed by atoms with Gasteiger partial charge in [-0.2, -0.15) is 0 Å². The number of esters is 1. The maximum atomic E-state index is 14.7. The minimum atomic E-state index is -1.77. The minimum Gasteiger partial charge on any atom is -0.459 e. The van der Waals surface area contributed by atoms with Crippen molar-refractivity contribution in [3.63, 3.8) is 0 Å². The first-order valence-corrected chi connectivity index (χ1v) is 32.6. The number of aliphatic hydroxyl groups is 1.